The summed E-state index contributed by atoms with van der Waals surface area (Å²) in [4.78, 5) is 0. The molecule has 1 heterocycles. The summed E-state index contributed by atoms with van der Waals surface area (Å²) in [6, 6.07) is 0. The van der Waals surface area contributed by atoms with E-state index in [2.05, 4.69) is 19.2 Å². The highest BCUT2D eigenvalue weighted by Gasteiger charge is 2.12. The highest BCUT2D eigenvalue weighted by atomic mass is 16.5. The predicted octanol–water partition coefficient (Wildman–Crippen LogP) is 2.83. The Morgan fingerprint density at radius 3 is 2.60 bits per heavy atom. The van der Waals surface area contributed by atoms with Gasteiger partial charge in [0, 0.05) is 13.2 Å². The van der Waals surface area contributed by atoms with Gasteiger partial charge in [-0.2, -0.15) is 0 Å². The van der Waals surface area contributed by atoms with Crippen molar-refractivity contribution in [3.8, 4) is 0 Å². The lowest BCUT2D eigenvalue weighted by Crippen LogP contribution is -2.21. The molecule has 1 saturated heterocycles. The van der Waals surface area contributed by atoms with Crippen molar-refractivity contribution in [1.82, 2.24) is 5.32 Å². The SMILES string of the molecule is CC(C)CNCCCCC1CCOCC1. The number of rotatable bonds is 7. The lowest BCUT2D eigenvalue weighted by Gasteiger charge is -2.21. The van der Waals surface area contributed by atoms with E-state index in [1.807, 2.05) is 0 Å². The van der Waals surface area contributed by atoms with Crippen LogP contribution in [0.2, 0.25) is 0 Å². The van der Waals surface area contributed by atoms with Gasteiger partial charge in [-0.15, -0.1) is 0 Å². The Morgan fingerprint density at radius 2 is 1.93 bits per heavy atom. The molecule has 1 N–H and O–H groups in total. The van der Waals surface area contributed by atoms with Crippen LogP contribution < -0.4 is 5.32 Å². The van der Waals surface area contributed by atoms with Crippen molar-refractivity contribution in [2.45, 2.75) is 46.0 Å². The molecule has 0 aliphatic carbocycles. The van der Waals surface area contributed by atoms with Gasteiger partial charge in [-0.05, 0) is 44.2 Å². The van der Waals surface area contributed by atoms with Crippen molar-refractivity contribution in [2.75, 3.05) is 26.3 Å². The Bertz CT molecular complexity index is 141. The third-order valence-electron chi connectivity index (χ3n) is 3.11. The molecule has 1 aliphatic heterocycles. The Labute approximate surface area is 94.8 Å². The Hall–Kier alpha value is -0.0800. The second-order valence-corrected chi connectivity index (χ2v) is 5.15. The standard InChI is InChI=1S/C13H27NO/c1-12(2)11-14-8-4-3-5-13-6-9-15-10-7-13/h12-14H,3-11H2,1-2H3. The van der Waals surface area contributed by atoms with Crippen LogP contribution in [0.1, 0.15) is 46.0 Å². The van der Waals surface area contributed by atoms with Gasteiger partial charge in [0.2, 0.25) is 0 Å². The van der Waals surface area contributed by atoms with E-state index in [1.54, 1.807) is 0 Å². The first-order valence-corrected chi connectivity index (χ1v) is 6.57. The summed E-state index contributed by atoms with van der Waals surface area (Å²) in [6.45, 7) is 8.87. The first kappa shape index (κ1) is 13.0. The molecule has 2 nitrogen and oxygen atoms in total. The molecule has 0 aromatic heterocycles. The lowest BCUT2D eigenvalue weighted by molar-refractivity contribution is 0.0631. The summed E-state index contributed by atoms with van der Waals surface area (Å²) in [6.07, 6.45) is 6.71. The normalized spacial score (nSPS) is 18.6. The van der Waals surface area contributed by atoms with E-state index in [0.717, 1.165) is 31.6 Å². The van der Waals surface area contributed by atoms with Crippen LogP contribution >= 0.6 is 0 Å². The zero-order chi connectivity index (χ0) is 10.9. The van der Waals surface area contributed by atoms with Crippen LogP contribution in [0, 0.1) is 11.8 Å². The van der Waals surface area contributed by atoms with E-state index < -0.39 is 0 Å². The average molecular weight is 213 g/mol. The molecule has 0 spiro atoms. The lowest BCUT2D eigenvalue weighted by atomic mass is 9.94. The van der Waals surface area contributed by atoms with Gasteiger partial charge in [0.05, 0.1) is 0 Å². The third-order valence-corrected chi connectivity index (χ3v) is 3.11. The molecule has 1 fully saturated rings. The largest absolute Gasteiger partial charge is 0.381 e. The molecule has 1 rings (SSSR count). The van der Waals surface area contributed by atoms with Crippen LogP contribution in [0.25, 0.3) is 0 Å². The number of hydrogen-bond acceptors (Lipinski definition) is 2. The van der Waals surface area contributed by atoms with Gasteiger partial charge in [0.25, 0.3) is 0 Å². The van der Waals surface area contributed by atoms with E-state index in [0.29, 0.717) is 0 Å². The van der Waals surface area contributed by atoms with Gasteiger partial charge < -0.3 is 10.1 Å². The first-order chi connectivity index (χ1) is 7.29. The Kier molecular flexibility index (Phi) is 7.03. The minimum Gasteiger partial charge on any atom is -0.381 e. The minimum atomic E-state index is 0.778. The van der Waals surface area contributed by atoms with Gasteiger partial charge in [-0.3, -0.25) is 0 Å². The Morgan fingerprint density at radius 1 is 1.20 bits per heavy atom. The molecule has 0 unspecified atom stereocenters. The van der Waals surface area contributed by atoms with Gasteiger partial charge in [-0.1, -0.05) is 26.7 Å². The minimum absolute atomic E-state index is 0.778. The van der Waals surface area contributed by atoms with Crippen molar-refractivity contribution in [3.05, 3.63) is 0 Å². The number of ether oxygens (including phenoxy) is 1. The molecular weight excluding hydrogens is 186 g/mol. The molecule has 0 aromatic rings. The average Bonchev–Trinajstić information content (AvgIpc) is 2.24. The Balaban J connectivity index is 1.83. The van der Waals surface area contributed by atoms with Crippen molar-refractivity contribution < 1.29 is 4.74 Å². The van der Waals surface area contributed by atoms with E-state index in [4.69, 9.17) is 4.74 Å². The van der Waals surface area contributed by atoms with Crippen LogP contribution in [-0.4, -0.2) is 26.3 Å². The van der Waals surface area contributed by atoms with E-state index in [9.17, 15) is 0 Å². The number of unbranched alkanes of at least 4 members (excludes halogenated alkanes) is 1. The summed E-state index contributed by atoms with van der Waals surface area (Å²) in [7, 11) is 0. The van der Waals surface area contributed by atoms with Gasteiger partial charge >= 0.3 is 0 Å². The fourth-order valence-corrected chi connectivity index (χ4v) is 2.11. The zero-order valence-electron chi connectivity index (χ0n) is 10.4. The maximum Gasteiger partial charge on any atom is 0.0468 e. The summed E-state index contributed by atoms with van der Waals surface area (Å²) >= 11 is 0. The van der Waals surface area contributed by atoms with E-state index in [1.165, 1.54) is 38.6 Å². The molecule has 90 valence electrons. The predicted molar refractivity (Wildman–Crippen MR) is 65.1 cm³/mol. The highest BCUT2D eigenvalue weighted by Crippen LogP contribution is 2.20. The maximum atomic E-state index is 5.36. The van der Waals surface area contributed by atoms with Crippen LogP contribution in [0.3, 0.4) is 0 Å². The molecule has 2 heteroatoms. The van der Waals surface area contributed by atoms with Gasteiger partial charge in [-0.25, -0.2) is 0 Å². The highest BCUT2D eigenvalue weighted by molar-refractivity contribution is 4.63. The monoisotopic (exact) mass is 213 g/mol. The molecule has 0 bridgehead atoms. The molecule has 0 radical (unpaired) electrons. The summed E-state index contributed by atoms with van der Waals surface area (Å²) in [5, 5.41) is 3.50. The fourth-order valence-electron chi connectivity index (χ4n) is 2.11. The fraction of sp³-hybridized carbons (Fsp3) is 1.00. The van der Waals surface area contributed by atoms with E-state index >= 15 is 0 Å². The van der Waals surface area contributed by atoms with Crippen LogP contribution in [0.5, 0.6) is 0 Å². The molecule has 0 amide bonds. The van der Waals surface area contributed by atoms with E-state index in [-0.39, 0.29) is 0 Å². The van der Waals surface area contributed by atoms with Crippen LogP contribution in [0.4, 0.5) is 0 Å². The molecule has 15 heavy (non-hydrogen) atoms. The summed E-state index contributed by atoms with van der Waals surface area (Å²) in [5.74, 6) is 1.73. The molecule has 0 aromatic carbocycles. The van der Waals surface area contributed by atoms with Gasteiger partial charge in [0.15, 0.2) is 0 Å². The van der Waals surface area contributed by atoms with Crippen LogP contribution in [-0.2, 0) is 4.74 Å². The number of nitrogens with one attached hydrogen (secondary N) is 1. The maximum absolute atomic E-state index is 5.36. The topological polar surface area (TPSA) is 21.3 Å². The van der Waals surface area contributed by atoms with Crippen molar-refractivity contribution in [2.24, 2.45) is 11.8 Å². The number of hydrogen-bond donors (Lipinski definition) is 1. The zero-order valence-corrected chi connectivity index (χ0v) is 10.4. The smallest absolute Gasteiger partial charge is 0.0468 e. The van der Waals surface area contributed by atoms with Gasteiger partial charge in [0.1, 0.15) is 0 Å². The van der Waals surface area contributed by atoms with Crippen molar-refractivity contribution in [3.63, 3.8) is 0 Å². The third kappa shape index (κ3) is 6.91. The summed E-state index contributed by atoms with van der Waals surface area (Å²) in [5.41, 5.74) is 0. The van der Waals surface area contributed by atoms with Crippen molar-refractivity contribution >= 4 is 0 Å². The molecular formula is C13H27NO. The quantitative estimate of drug-likeness (QED) is 0.657. The van der Waals surface area contributed by atoms with Crippen molar-refractivity contribution in [1.29, 1.82) is 0 Å². The molecule has 0 atom stereocenters. The second-order valence-electron chi connectivity index (χ2n) is 5.15. The van der Waals surface area contributed by atoms with Crippen LogP contribution in [0.15, 0.2) is 0 Å². The first-order valence-electron chi connectivity index (χ1n) is 6.57. The second kappa shape index (κ2) is 8.12. The molecule has 1 aliphatic rings. The molecule has 0 saturated carbocycles. The summed E-state index contributed by atoms with van der Waals surface area (Å²) < 4.78 is 5.36.